The molecule has 100 valence electrons. The lowest BCUT2D eigenvalue weighted by Crippen LogP contribution is -1.97. The van der Waals surface area contributed by atoms with Gasteiger partial charge in [0.25, 0.3) is 0 Å². The van der Waals surface area contributed by atoms with Crippen LogP contribution in [0, 0.1) is 0 Å². The van der Waals surface area contributed by atoms with Crippen molar-refractivity contribution in [3.05, 3.63) is 28.1 Å². The first-order valence-electron chi connectivity index (χ1n) is 5.73. The van der Waals surface area contributed by atoms with Gasteiger partial charge in [-0.25, -0.2) is 9.78 Å². The lowest BCUT2D eigenvalue weighted by atomic mass is 10.1. The second kappa shape index (κ2) is 5.27. The van der Waals surface area contributed by atoms with Crippen LogP contribution in [0.3, 0.4) is 0 Å². The van der Waals surface area contributed by atoms with E-state index in [1.54, 1.807) is 18.2 Å². The SMILES string of the molecule is CCc1nc(-c2ccc(OC)c(N)c2)c(C(=O)O)s1. The Bertz CT molecular complexity index is 622. The van der Waals surface area contributed by atoms with E-state index in [1.807, 2.05) is 6.92 Å². The predicted molar refractivity (Wildman–Crippen MR) is 74.9 cm³/mol. The lowest BCUT2D eigenvalue weighted by molar-refractivity contribution is 0.0702. The van der Waals surface area contributed by atoms with E-state index in [9.17, 15) is 9.90 Å². The molecule has 0 saturated carbocycles. The average Bonchev–Trinajstić information content (AvgIpc) is 2.83. The van der Waals surface area contributed by atoms with Crippen molar-refractivity contribution >= 4 is 23.0 Å². The Morgan fingerprint density at radius 2 is 2.26 bits per heavy atom. The van der Waals surface area contributed by atoms with Crippen LogP contribution in [-0.4, -0.2) is 23.2 Å². The zero-order valence-electron chi connectivity index (χ0n) is 10.6. The van der Waals surface area contributed by atoms with Crippen LogP contribution in [0.1, 0.15) is 21.6 Å². The Balaban J connectivity index is 2.54. The van der Waals surface area contributed by atoms with E-state index in [-0.39, 0.29) is 4.88 Å². The summed E-state index contributed by atoms with van der Waals surface area (Å²) in [6.45, 7) is 1.94. The van der Waals surface area contributed by atoms with Crippen LogP contribution in [0.2, 0.25) is 0 Å². The number of hydrogen-bond acceptors (Lipinski definition) is 5. The van der Waals surface area contributed by atoms with E-state index in [1.165, 1.54) is 18.4 Å². The Kier molecular flexibility index (Phi) is 3.71. The number of aryl methyl sites for hydroxylation is 1. The van der Waals surface area contributed by atoms with Gasteiger partial charge >= 0.3 is 5.97 Å². The molecular formula is C13H14N2O3S. The summed E-state index contributed by atoms with van der Waals surface area (Å²) in [6, 6.07) is 5.15. The molecule has 5 nitrogen and oxygen atoms in total. The fourth-order valence-corrected chi connectivity index (χ4v) is 2.60. The largest absolute Gasteiger partial charge is 0.495 e. The average molecular weight is 278 g/mol. The van der Waals surface area contributed by atoms with Gasteiger partial charge in [-0.2, -0.15) is 0 Å². The lowest BCUT2D eigenvalue weighted by Gasteiger charge is -2.06. The molecule has 0 aliphatic heterocycles. The van der Waals surface area contributed by atoms with Crippen LogP contribution in [0.15, 0.2) is 18.2 Å². The van der Waals surface area contributed by atoms with Gasteiger partial charge in [-0.05, 0) is 24.6 Å². The van der Waals surface area contributed by atoms with E-state index in [4.69, 9.17) is 10.5 Å². The maximum atomic E-state index is 11.2. The zero-order chi connectivity index (χ0) is 14.0. The first-order valence-corrected chi connectivity index (χ1v) is 6.55. The molecule has 3 N–H and O–H groups in total. The van der Waals surface area contributed by atoms with Crippen LogP contribution in [0.5, 0.6) is 5.75 Å². The van der Waals surface area contributed by atoms with Gasteiger partial charge in [0, 0.05) is 5.56 Å². The molecule has 2 aromatic rings. The molecule has 1 aromatic carbocycles. The molecule has 0 atom stereocenters. The van der Waals surface area contributed by atoms with Crippen molar-refractivity contribution in [1.82, 2.24) is 4.98 Å². The number of hydrogen-bond donors (Lipinski definition) is 2. The van der Waals surface area contributed by atoms with Gasteiger partial charge in [-0.1, -0.05) is 6.92 Å². The van der Waals surface area contributed by atoms with Gasteiger partial charge in [-0.15, -0.1) is 11.3 Å². The van der Waals surface area contributed by atoms with E-state index in [2.05, 4.69) is 4.98 Å². The number of rotatable bonds is 4. The molecule has 0 fully saturated rings. The number of nitrogens with two attached hydrogens (primary N) is 1. The third kappa shape index (κ3) is 2.53. The number of methoxy groups -OCH3 is 1. The zero-order valence-corrected chi connectivity index (χ0v) is 11.5. The fraction of sp³-hybridized carbons (Fsp3) is 0.231. The third-order valence-corrected chi connectivity index (χ3v) is 3.86. The Morgan fingerprint density at radius 3 is 2.79 bits per heavy atom. The smallest absolute Gasteiger partial charge is 0.348 e. The molecule has 6 heteroatoms. The Morgan fingerprint density at radius 1 is 1.53 bits per heavy atom. The highest BCUT2D eigenvalue weighted by molar-refractivity contribution is 7.14. The maximum absolute atomic E-state index is 11.2. The second-order valence-corrected chi connectivity index (χ2v) is 4.98. The predicted octanol–water partition coefficient (Wildman–Crippen LogP) is 2.66. The Hall–Kier alpha value is -2.08. The van der Waals surface area contributed by atoms with Crippen LogP contribution in [0.25, 0.3) is 11.3 Å². The molecule has 1 heterocycles. The van der Waals surface area contributed by atoms with Crippen molar-refractivity contribution in [2.75, 3.05) is 12.8 Å². The number of carboxylic acids is 1. The molecular weight excluding hydrogens is 264 g/mol. The summed E-state index contributed by atoms with van der Waals surface area (Å²) in [5.41, 5.74) is 7.45. The minimum Gasteiger partial charge on any atom is -0.495 e. The minimum absolute atomic E-state index is 0.237. The van der Waals surface area contributed by atoms with Crippen molar-refractivity contribution in [3.8, 4) is 17.0 Å². The van der Waals surface area contributed by atoms with Crippen LogP contribution < -0.4 is 10.5 Å². The topological polar surface area (TPSA) is 85.4 Å². The number of ether oxygens (including phenoxy) is 1. The number of benzene rings is 1. The molecule has 0 amide bonds. The summed E-state index contributed by atoms with van der Waals surface area (Å²) in [7, 11) is 1.53. The minimum atomic E-state index is -0.971. The number of aromatic carboxylic acids is 1. The number of anilines is 1. The third-order valence-electron chi connectivity index (χ3n) is 2.67. The van der Waals surface area contributed by atoms with Gasteiger partial charge in [-0.3, -0.25) is 0 Å². The molecule has 0 radical (unpaired) electrons. The van der Waals surface area contributed by atoms with Crippen molar-refractivity contribution in [2.45, 2.75) is 13.3 Å². The van der Waals surface area contributed by atoms with Crippen molar-refractivity contribution in [2.24, 2.45) is 0 Å². The van der Waals surface area contributed by atoms with Crippen LogP contribution in [0.4, 0.5) is 5.69 Å². The van der Waals surface area contributed by atoms with Crippen LogP contribution in [-0.2, 0) is 6.42 Å². The first kappa shape index (κ1) is 13.4. The molecule has 0 unspecified atom stereocenters. The van der Waals surface area contributed by atoms with Gasteiger partial charge in [0.2, 0.25) is 0 Å². The van der Waals surface area contributed by atoms with E-state index in [0.717, 1.165) is 5.01 Å². The molecule has 0 saturated heterocycles. The highest BCUT2D eigenvalue weighted by atomic mass is 32.1. The Labute approximate surface area is 114 Å². The molecule has 0 bridgehead atoms. The highest BCUT2D eigenvalue weighted by Gasteiger charge is 2.18. The van der Waals surface area contributed by atoms with Gasteiger partial charge in [0.05, 0.1) is 23.5 Å². The van der Waals surface area contributed by atoms with Crippen molar-refractivity contribution < 1.29 is 14.6 Å². The summed E-state index contributed by atoms with van der Waals surface area (Å²) in [5, 5.41) is 10.0. The second-order valence-electron chi connectivity index (χ2n) is 3.90. The van der Waals surface area contributed by atoms with E-state index in [0.29, 0.717) is 29.1 Å². The normalized spacial score (nSPS) is 10.4. The molecule has 0 spiro atoms. The molecule has 0 aliphatic carbocycles. The number of carboxylic acid groups (broad SMARTS) is 1. The molecule has 2 rings (SSSR count). The monoisotopic (exact) mass is 278 g/mol. The summed E-state index contributed by atoms with van der Waals surface area (Å²) in [6.07, 6.45) is 0.705. The first-order chi connectivity index (χ1) is 9.06. The van der Waals surface area contributed by atoms with Gasteiger partial charge < -0.3 is 15.6 Å². The molecule has 0 aliphatic rings. The number of nitrogen functional groups attached to an aromatic ring is 1. The van der Waals surface area contributed by atoms with Gasteiger partial charge in [0.1, 0.15) is 10.6 Å². The van der Waals surface area contributed by atoms with Crippen LogP contribution >= 0.6 is 11.3 Å². The fourth-order valence-electron chi connectivity index (χ4n) is 1.74. The van der Waals surface area contributed by atoms with Crippen molar-refractivity contribution in [1.29, 1.82) is 0 Å². The number of carbonyl (C=O) groups is 1. The number of nitrogens with zero attached hydrogens (tertiary/aromatic N) is 1. The summed E-state index contributed by atoms with van der Waals surface area (Å²) in [4.78, 5) is 15.8. The summed E-state index contributed by atoms with van der Waals surface area (Å²) >= 11 is 1.20. The quantitative estimate of drug-likeness (QED) is 0.840. The number of thiazole rings is 1. The van der Waals surface area contributed by atoms with Gasteiger partial charge in [0.15, 0.2) is 0 Å². The standard InChI is InChI=1S/C13H14N2O3S/c1-3-10-15-11(12(19-10)13(16)17)7-4-5-9(18-2)8(14)6-7/h4-6H,3,14H2,1-2H3,(H,16,17). The molecule has 19 heavy (non-hydrogen) atoms. The van der Waals surface area contributed by atoms with E-state index < -0.39 is 5.97 Å². The molecule has 1 aromatic heterocycles. The summed E-state index contributed by atoms with van der Waals surface area (Å²) in [5.74, 6) is -0.409. The maximum Gasteiger partial charge on any atom is 0.348 e. The highest BCUT2D eigenvalue weighted by Crippen LogP contribution is 2.32. The summed E-state index contributed by atoms with van der Waals surface area (Å²) < 4.78 is 5.08. The van der Waals surface area contributed by atoms with E-state index >= 15 is 0 Å². The number of aromatic nitrogens is 1. The van der Waals surface area contributed by atoms with Crippen molar-refractivity contribution in [3.63, 3.8) is 0 Å².